The summed E-state index contributed by atoms with van der Waals surface area (Å²) >= 11 is 1.34. The number of sulfone groups is 1. The molecule has 0 fully saturated rings. The first-order chi connectivity index (χ1) is 14.8. The summed E-state index contributed by atoms with van der Waals surface area (Å²) in [6.07, 6.45) is 1.78. The van der Waals surface area contributed by atoms with Gasteiger partial charge in [-0.2, -0.15) is 4.99 Å². The molecule has 0 bridgehead atoms. The van der Waals surface area contributed by atoms with Gasteiger partial charge in [0.25, 0.3) is 5.91 Å². The summed E-state index contributed by atoms with van der Waals surface area (Å²) in [7, 11) is -0.104. The van der Waals surface area contributed by atoms with Gasteiger partial charge < -0.3 is 14.0 Å². The summed E-state index contributed by atoms with van der Waals surface area (Å²) in [5.41, 5.74) is 1.47. The lowest BCUT2D eigenvalue weighted by Gasteiger charge is -2.08. The Morgan fingerprint density at radius 3 is 2.35 bits per heavy atom. The minimum Gasteiger partial charge on any atom is -0.495 e. The van der Waals surface area contributed by atoms with E-state index in [0.717, 1.165) is 10.2 Å². The highest BCUT2D eigenvalue weighted by Crippen LogP contribution is 2.35. The Morgan fingerprint density at radius 1 is 1.13 bits per heavy atom. The molecule has 0 N–H and O–H groups in total. The number of aromatic nitrogens is 1. The zero-order chi connectivity index (χ0) is 22.6. The van der Waals surface area contributed by atoms with Crippen LogP contribution in [0.15, 0.2) is 58.9 Å². The highest BCUT2D eigenvalue weighted by Gasteiger charge is 2.16. The van der Waals surface area contributed by atoms with Gasteiger partial charge in [-0.25, -0.2) is 8.42 Å². The first kappa shape index (κ1) is 22.8. The van der Waals surface area contributed by atoms with Gasteiger partial charge in [0.05, 0.1) is 31.3 Å². The van der Waals surface area contributed by atoms with E-state index in [9.17, 15) is 13.2 Å². The Labute approximate surface area is 185 Å². The molecule has 0 radical (unpaired) electrons. The molecule has 0 saturated carbocycles. The molecule has 1 heterocycles. The number of hydrogen-bond donors (Lipinski definition) is 0. The second-order valence-electron chi connectivity index (χ2n) is 6.66. The van der Waals surface area contributed by atoms with Crippen LogP contribution in [0.25, 0.3) is 10.2 Å². The fourth-order valence-electron chi connectivity index (χ4n) is 3.14. The van der Waals surface area contributed by atoms with Crippen molar-refractivity contribution >= 4 is 37.3 Å². The van der Waals surface area contributed by atoms with Gasteiger partial charge in [-0.1, -0.05) is 36.5 Å². The third-order valence-corrected chi connectivity index (χ3v) is 7.59. The maximum absolute atomic E-state index is 12.7. The molecule has 0 aliphatic heterocycles. The van der Waals surface area contributed by atoms with Crippen molar-refractivity contribution in [3.63, 3.8) is 0 Å². The summed E-state index contributed by atoms with van der Waals surface area (Å²) < 4.78 is 37.5. The van der Waals surface area contributed by atoms with Crippen LogP contribution in [0.2, 0.25) is 0 Å². The molecule has 9 heteroatoms. The van der Waals surface area contributed by atoms with Crippen molar-refractivity contribution in [3.05, 3.63) is 59.4 Å². The van der Waals surface area contributed by atoms with Gasteiger partial charge >= 0.3 is 0 Å². The Kier molecular flexibility index (Phi) is 6.97. The Morgan fingerprint density at radius 2 is 1.77 bits per heavy atom. The van der Waals surface area contributed by atoms with Crippen molar-refractivity contribution < 1.29 is 22.7 Å². The third-order valence-electron chi connectivity index (χ3n) is 4.74. The topological polar surface area (TPSA) is 87.0 Å². The molecule has 3 aromatic rings. The SMILES string of the molecule is C=CCn1c(=NC(=O)Cc2ccc(S(=O)(=O)CC)cc2)sc2c(OC)ccc(OC)c21. The predicted molar refractivity (Wildman–Crippen MR) is 122 cm³/mol. The second-order valence-corrected chi connectivity index (χ2v) is 9.92. The van der Waals surface area contributed by atoms with Crippen LogP contribution >= 0.6 is 11.3 Å². The molecule has 0 spiro atoms. The molecule has 31 heavy (non-hydrogen) atoms. The Balaban J connectivity index is 2.00. The molecule has 7 nitrogen and oxygen atoms in total. The summed E-state index contributed by atoms with van der Waals surface area (Å²) in [4.78, 5) is 17.7. The maximum atomic E-state index is 12.7. The van der Waals surface area contributed by atoms with E-state index in [1.54, 1.807) is 39.4 Å². The van der Waals surface area contributed by atoms with Gasteiger partial charge in [0.15, 0.2) is 14.6 Å². The number of ether oxygens (including phenoxy) is 2. The van der Waals surface area contributed by atoms with Crippen LogP contribution < -0.4 is 14.3 Å². The van der Waals surface area contributed by atoms with Crippen molar-refractivity contribution in [1.82, 2.24) is 4.57 Å². The lowest BCUT2D eigenvalue weighted by Crippen LogP contribution is -2.17. The molecule has 2 aromatic carbocycles. The van der Waals surface area contributed by atoms with E-state index in [2.05, 4.69) is 11.6 Å². The van der Waals surface area contributed by atoms with Gasteiger partial charge in [-0.05, 0) is 29.8 Å². The molecule has 164 valence electrons. The lowest BCUT2D eigenvalue weighted by molar-refractivity contribution is -0.117. The van der Waals surface area contributed by atoms with Crippen molar-refractivity contribution in [2.24, 2.45) is 4.99 Å². The largest absolute Gasteiger partial charge is 0.495 e. The number of carbonyl (C=O) groups is 1. The average molecular weight is 461 g/mol. The number of methoxy groups -OCH3 is 2. The quantitative estimate of drug-likeness (QED) is 0.481. The number of carbonyl (C=O) groups excluding carboxylic acids is 1. The van der Waals surface area contributed by atoms with Gasteiger partial charge in [0, 0.05) is 6.54 Å². The molecule has 0 saturated heterocycles. The zero-order valence-corrected chi connectivity index (χ0v) is 19.3. The summed E-state index contributed by atoms with van der Waals surface area (Å²) in [5.74, 6) is 1.01. The molecule has 0 unspecified atom stereocenters. The highest BCUT2D eigenvalue weighted by atomic mass is 32.2. The third kappa shape index (κ3) is 4.72. The van der Waals surface area contributed by atoms with Crippen molar-refractivity contribution in [1.29, 1.82) is 0 Å². The van der Waals surface area contributed by atoms with Crippen LogP contribution in [0.3, 0.4) is 0 Å². The second kappa shape index (κ2) is 9.49. The average Bonchev–Trinajstić information content (AvgIpc) is 3.11. The van der Waals surface area contributed by atoms with Crippen molar-refractivity contribution in [2.75, 3.05) is 20.0 Å². The van der Waals surface area contributed by atoms with Gasteiger partial charge in [-0.15, -0.1) is 6.58 Å². The standard InChI is InChI=1S/C22H24N2O5S2/c1-5-13-24-20-17(28-3)11-12-18(29-4)21(20)30-22(24)23-19(25)14-15-7-9-16(10-8-15)31(26,27)6-2/h5,7-12H,1,6,13-14H2,2-4H3. The monoisotopic (exact) mass is 460 g/mol. The molecule has 0 aliphatic rings. The van der Waals surface area contributed by atoms with Crippen LogP contribution in [0.4, 0.5) is 0 Å². The van der Waals surface area contributed by atoms with Crippen LogP contribution in [-0.2, 0) is 27.6 Å². The number of thiazole rings is 1. The van der Waals surface area contributed by atoms with Crippen LogP contribution in [0.1, 0.15) is 12.5 Å². The molecule has 1 amide bonds. The Bertz CT molecular complexity index is 1290. The number of hydrogen-bond acceptors (Lipinski definition) is 6. The number of allylic oxidation sites excluding steroid dienone is 1. The minimum absolute atomic E-state index is 0.0305. The van der Waals surface area contributed by atoms with Crippen LogP contribution in [0, 0.1) is 0 Å². The molecule has 1 aromatic heterocycles. The molecular weight excluding hydrogens is 436 g/mol. The predicted octanol–water partition coefficient (Wildman–Crippen LogP) is 3.37. The van der Waals surface area contributed by atoms with Crippen molar-refractivity contribution in [3.8, 4) is 11.5 Å². The molecular formula is C22H24N2O5S2. The molecule has 3 rings (SSSR count). The first-order valence-corrected chi connectivity index (χ1v) is 12.1. The maximum Gasteiger partial charge on any atom is 0.252 e. The van der Waals surface area contributed by atoms with Gasteiger partial charge in [0.2, 0.25) is 0 Å². The van der Waals surface area contributed by atoms with Crippen LogP contribution in [-0.4, -0.2) is 38.9 Å². The molecule has 0 atom stereocenters. The highest BCUT2D eigenvalue weighted by molar-refractivity contribution is 7.91. The number of rotatable bonds is 8. The number of nitrogens with zero attached hydrogens (tertiary/aromatic N) is 2. The van der Waals surface area contributed by atoms with Gasteiger partial charge in [-0.3, -0.25) is 4.79 Å². The number of benzene rings is 2. The summed E-state index contributed by atoms with van der Waals surface area (Å²) in [5, 5.41) is 0. The minimum atomic E-state index is -3.28. The normalized spacial score (nSPS) is 12.2. The molecule has 0 aliphatic carbocycles. The number of fused-ring (bicyclic) bond motifs is 1. The van der Waals surface area contributed by atoms with E-state index in [-0.39, 0.29) is 23.0 Å². The zero-order valence-electron chi connectivity index (χ0n) is 17.6. The van der Waals surface area contributed by atoms with E-state index in [0.29, 0.717) is 28.4 Å². The fourth-order valence-corrected chi connectivity index (χ4v) is 5.19. The van der Waals surface area contributed by atoms with Crippen molar-refractivity contribution in [2.45, 2.75) is 24.8 Å². The fraction of sp³-hybridized carbons (Fsp3) is 0.273. The number of amides is 1. The summed E-state index contributed by atoms with van der Waals surface area (Å²) in [6.45, 7) is 5.84. The van der Waals surface area contributed by atoms with E-state index in [1.807, 2.05) is 16.7 Å². The van der Waals surface area contributed by atoms with Crippen LogP contribution in [0.5, 0.6) is 11.5 Å². The summed E-state index contributed by atoms with van der Waals surface area (Å²) in [6, 6.07) is 9.96. The van der Waals surface area contributed by atoms with Gasteiger partial charge in [0.1, 0.15) is 21.7 Å². The lowest BCUT2D eigenvalue weighted by atomic mass is 10.1. The first-order valence-electron chi connectivity index (χ1n) is 9.59. The van der Waals surface area contributed by atoms with E-state index in [1.165, 1.54) is 23.5 Å². The van der Waals surface area contributed by atoms with E-state index < -0.39 is 9.84 Å². The Hall–Kier alpha value is -2.91. The smallest absolute Gasteiger partial charge is 0.252 e. The van der Waals surface area contributed by atoms with E-state index in [4.69, 9.17) is 9.47 Å². The van der Waals surface area contributed by atoms with E-state index >= 15 is 0 Å².